The molecular weight excluding hydrogens is 394 g/mol. The lowest BCUT2D eigenvalue weighted by atomic mass is 9.87. The van der Waals surface area contributed by atoms with Gasteiger partial charge in [0, 0.05) is 34.8 Å². The third kappa shape index (κ3) is 4.46. The van der Waals surface area contributed by atoms with Crippen molar-refractivity contribution in [2.45, 2.75) is 52.6 Å². The number of piperidine rings is 1. The third-order valence-corrected chi connectivity index (χ3v) is 6.23. The van der Waals surface area contributed by atoms with Gasteiger partial charge in [-0.1, -0.05) is 42.0 Å². The van der Waals surface area contributed by atoms with Crippen molar-refractivity contribution in [2.75, 3.05) is 13.1 Å². The molecule has 1 aliphatic heterocycles. The van der Waals surface area contributed by atoms with Gasteiger partial charge >= 0.3 is 0 Å². The summed E-state index contributed by atoms with van der Waals surface area (Å²) in [5.41, 5.74) is 6.80. The van der Waals surface area contributed by atoms with Crippen LogP contribution < -0.4 is 5.32 Å². The van der Waals surface area contributed by atoms with Crippen LogP contribution in [0.4, 0.5) is 0 Å². The van der Waals surface area contributed by atoms with Crippen molar-refractivity contribution in [3.63, 3.8) is 0 Å². The smallest absolute Gasteiger partial charge is 0.254 e. The van der Waals surface area contributed by atoms with Gasteiger partial charge in [-0.15, -0.1) is 0 Å². The van der Waals surface area contributed by atoms with Gasteiger partial charge < -0.3 is 10.2 Å². The Labute approximate surface area is 191 Å². The second-order valence-corrected chi connectivity index (χ2v) is 9.09. The van der Waals surface area contributed by atoms with Gasteiger partial charge in [0.25, 0.3) is 5.91 Å². The van der Waals surface area contributed by atoms with Crippen LogP contribution in [0.2, 0.25) is 0 Å². The number of hydrogen-bond donors (Lipinski definition) is 1. The molecule has 166 valence electrons. The minimum atomic E-state index is 0.0875. The van der Waals surface area contributed by atoms with E-state index in [0.29, 0.717) is 0 Å². The molecule has 4 heteroatoms. The number of aromatic nitrogens is 1. The predicted molar refractivity (Wildman–Crippen MR) is 133 cm³/mol. The fourth-order valence-corrected chi connectivity index (χ4v) is 4.83. The molecule has 0 aliphatic carbocycles. The van der Waals surface area contributed by atoms with Crippen molar-refractivity contribution in [3.05, 3.63) is 83.1 Å². The van der Waals surface area contributed by atoms with E-state index in [1.54, 1.807) is 0 Å². The maximum absolute atomic E-state index is 13.2. The van der Waals surface area contributed by atoms with E-state index in [1.807, 2.05) is 29.3 Å². The first-order chi connectivity index (χ1) is 15.5. The molecule has 0 atom stereocenters. The molecule has 2 heterocycles. The van der Waals surface area contributed by atoms with Crippen LogP contribution in [0.1, 0.15) is 62.0 Å². The Balaban J connectivity index is 1.79. The standard InChI is InChI=1S/C28H33N3O/c1-19(2)31(20(3)4)28(32)24-12-10-21(11-13-24)26(22-14-17-29-18-15-22)25-9-5-7-23-8-6-16-30-27(23)25/h5-13,16,19-20,29H,14-15,17-18H2,1-4H3. The molecule has 32 heavy (non-hydrogen) atoms. The van der Waals surface area contributed by atoms with Crippen molar-refractivity contribution < 1.29 is 4.79 Å². The van der Waals surface area contributed by atoms with Crippen molar-refractivity contribution in [1.82, 2.24) is 15.2 Å². The molecule has 1 N–H and O–H groups in total. The molecule has 0 spiro atoms. The first-order valence-electron chi connectivity index (χ1n) is 11.7. The molecule has 0 saturated carbocycles. The Morgan fingerprint density at radius 1 is 0.875 bits per heavy atom. The Bertz CT molecular complexity index is 1110. The molecular formula is C28H33N3O. The fourth-order valence-electron chi connectivity index (χ4n) is 4.83. The van der Waals surface area contributed by atoms with E-state index in [-0.39, 0.29) is 18.0 Å². The summed E-state index contributed by atoms with van der Waals surface area (Å²) in [6.07, 6.45) is 3.91. The number of fused-ring (bicyclic) bond motifs is 1. The topological polar surface area (TPSA) is 45.2 Å². The van der Waals surface area contributed by atoms with E-state index in [9.17, 15) is 4.79 Å². The molecule has 1 aromatic heterocycles. The van der Waals surface area contributed by atoms with Gasteiger partial charge in [0.1, 0.15) is 0 Å². The van der Waals surface area contributed by atoms with Gasteiger partial charge in [-0.25, -0.2) is 0 Å². The minimum absolute atomic E-state index is 0.0875. The van der Waals surface area contributed by atoms with E-state index < -0.39 is 0 Å². The molecule has 2 aromatic carbocycles. The number of nitrogens with one attached hydrogen (secondary N) is 1. The van der Waals surface area contributed by atoms with E-state index >= 15 is 0 Å². The highest BCUT2D eigenvalue weighted by Gasteiger charge is 2.22. The maximum Gasteiger partial charge on any atom is 0.254 e. The van der Waals surface area contributed by atoms with Gasteiger partial charge in [-0.3, -0.25) is 9.78 Å². The first-order valence-corrected chi connectivity index (χ1v) is 11.7. The van der Waals surface area contributed by atoms with E-state index in [2.05, 4.69) is 69.4 Å². The summed E-state index contributed by atoms with van der Waals surface area (Å²) in [6.45, 7) is 10.3. The quantitative estimate of drug-likeness (QED) is 0.570. The van der Waals surface area contributed by atoms with Crippen molar-refractivity contribution >= 4 is 22.4 Å². The van der Waals surface area contributed by atoms with Crippen LogP contribution in [0.25, 0.3) is 16.5 Å². The number of carbonyl (C=O) groups excluding carboxylic acids is 1. The highest BCUT2D eigenvalue weighted by Crippen LogP contribution is 2.34. The van der Waals surface area contributed by atoms with E-state index in [1.165, 1.54) is 16.7 Å². The monoisotopic (exact) mass is 427 g/mol. The van der Waals surface area contributed by atoms with Crippen LogP contribution in [0.3, 0.4) is 0 Å². The third-order valence-electron chi connectivity index (χ3n) is 6.23. The lowest BCUT2D eigenvalue weighted by Crippen LogP contribution is -2.42. The molecule has 4 nitrogen and oxygen atoms in total. The minimum Gasteiger partial charge on any atom is -0.334 e. The van der Waals surface area contributed by atoms with Gasteiger partial charge in [0.05, 0.1) is 5.52 Å². The fraction of sp³-hybridized carbons (Fsp3) is 0.357. The van der Waals surface area contributed by atoms with Crippen LogP contribution in [-0.4, -0.2) is 41.0 Å². The lowest BCUT2D eigenvalue weighted by Gasteiger charge is -2.31. The van der Waals surface area contributed by atoms with E-state index in [0.717, 1.165) is 48.0 Å². The number of nitrogens with zero attached hydrogens (tertiary/aromatic N) is 2. The van der Waals surface area contributed by atoms with Crippen LogP contribution in [0.5, 0.6) is 0 Å². The Morgan fingerprint density at radius 2 is 1.50 bits per heavy atom. The maximum atomic E-state index is 13.2. The van der Waals surface area contributed by atoms with Crippen molar-refractivity contribution in [3.8, 4) is 0 Å². The number of amides is 1. The molecule has 4 rings (SSSR count). The number of carbonyl (C=O) groups is 1. The summed E-state index contributed by atoms with van der Waals surface area (Å²) in [5.74, 6) is 0.0875. The number of rotatable bonds is 5. The summed E-state index contributed by atoms with van der Waals surface area (Å²) in [6, 6.07) is 19.0. The van der Waals surface area contributed by atoms with Crippen LogP contribution >= 0.6 is 0 Å². The van der Waals surface area contributed by atoms with Crippen molar-refractivity contribution in [1.29, 1.82) is 0 Å². The van der Waals surface area contributed by atoms with Crippen LogP contribution in [-0.2, 0) is 0 Å². The normalized spacial score (nSPS) is 14.2. The first kappa shape index (κ1) is 22.2. The Kier molecular flexibility index (Phi) is 6.71. The van der Waals surface area contributed by atoms with Crippen LogP contribution in [0, 0.1) is 0 Å². The average Bonchev–Trinajstić information content (AvgIpc) is 2.80. The second kappa shape index (κ2) is 9.66. The zero-order chi connectivity index (χ0) is 22.7. The molecule has 1 saturated heterocycles. The SMILES string of the molecule is CC(C)N(C(=O)c1ccc(C(=C2CCNCC2)c2cccc3cccnc23)cc1)C(C)C. The van der Waals surface area contributed by atoms with Crippen LogP contribution in [0.15, 0.2) is 66.4 Å². The molecule has 1 aliphatic rings. The molecule has 0 radical (unpaired) electrons. The molecule has 1 amide bonds. The average molecular weight is 428 g/mol. The number of pyridine rings is 1. The summed E-state index contributed by atoms with van der Waals surface area (Å²) in [7, 11) is 0. The van der Waals surface area contributed by atoms with Gasteiger partial charge in [0.2, 0.25) is 0 Å². The number of benzene rings is 2. The summed E-state index contributed by atoms with van der Waals surface area (Å²) in [5, 5.41) is 4.61. The summed E-state index contributed by atoms with van der Waals surface area (Å²) >= 11 is 0. The van der Waals surface area contributed by atoms with E-state index in [4.69, 9.17) is 4.98 Å². The molecule has 1 fully saturated rings. The summed E-state index contributed by atoms with van der Waals surface area (Å²) in [4.78, 5) is 19.8. The highest BCUT2D eigenvalue weighted by atomic mass is 16.2. The second-order valence-electron chi connectivity index (χ2n) is 9.09. The largest absolute Gasteiger partial charge is 0.334 e. The number of para-hydroxylation sites is 1. The molecule has 0 unspecified atom stereocenters. The van der Waals surface area contributed by atoms with Crippen molar-refractivity contribution in [2.24, 2.45) is 0 Å². The highest BCUT2D eigenvalue weighted by molar-refractivity contribution is 5.98. The lowest BCUT2D eigenvalue weighted by molar-refractivity contribution is 0.0643. The zero-order valence-corrected chi connectivity index (χ0v) is 19.6. The molecule has 0 bridgehead atoms. The zero-order valence-electron chi connectivity index (χ0n) is 19.6. The molecule has 3 aromatic rings. The van der Waals surface area contributed by atoms with Gasteiger partial charge in [0.15, 0.2) is 0 Å². The Hall–Kier alpha value is -2.98. The Morgan fingerprint density at radius 3 is 2.16 bits per heavy atom. The van der Waals surface area contributed by atoms with Gasteiger partial charge in [-0.2, -0.15) is 0 Å². The number of hydrogen-bond acceptors (Lipinski definition) is 3. The predicted octanol–water partition coefficient (Wildman–Crippen LogP) is 5.68. The van der Waals surface area contributed by atoms with Gasteiger partial charge in [-0.05, 0) is 83.0 Å². The summed E-state index contributed by atoms with van der Waals surface area (Å²) < 4.78 is 0.